The Morgan fingerprint density at radius 2 is 1.38 bits per heavy atom. The van der Waals surface area contributed by atoms with E-state index in [0.717, 1.165) is 16.8 Å². The lowest BCUT2D eigenvalue weighted by atomic mass is 10.2. The number of anilines is 1. The Labute approximate surface area is 151 Å². The molecule has 1 aromatic heterocycles. The standard InChI is InChI=1S/C22H17N3O/c26-22(21-15-23-19-13-7-8-14-20(19)24-21)25(18-11-5-2-6-12-18)16-17-9-3-1-4-10-17/h1-15H,16H2. The van der Waals surface area contributed by atoms with Gasteiger partial charge in [0.2, 0.25) is 0 Å². The van der Waals surface area contributed by atoms with Gasteiger partial charge >= 0.3 is 0 Å². The molecule has 0 aliphatic rings. The topological polar surface area (TPSA) is 46.1 Å². The van der Waals surface area contributed by atoms with Crippen molar-refractivity contribution in [3.63, 3.8) is 0 Å². The number of hydrogen-bond donors (Lipinski definition) is 0. The van der Waals surface area contributed by atoms with E-state index in [1.54, 1.807) is 11.1 Å². The van der Waals surface area contributed by atoms with Crippen LogP contribution in [0.25, 0.3) is 11.0 Å². The molecule has 4 rings (SSSR count). The van der Waals surface area contributed by atoms with Crippen LogP contribution in [0, 0.1) is 0 Å². The minimum absolute atomic E-state index is 0.168. The van der Waals surface area contributed by atoms with Gasteiger partial charge in [0.25, 0.3) is 5.91 Å². The summed E-state index contributed by atoms with van der Waals surface area (Å²) in [5.41, 5.74) is 3.71. The number of carbonyl (C=O) groups excluding carboxylic acids is 1. The lowest BCUT2D eigenvalue weighted by molar-refractivity contribution is 0.0980. The molecule has 26 heavy (non-hydrogen) atoms. The van der Waals surface area contributed by atoms with E-state index in [0.29, 0.717) is 17.8 Å². The average Bonchev–Trinajstić information content (AvgIpc) is 2.72. The molecular formula is C22H17N3O. The summed E-state index contributed by atoms with van der Waals surface area (Å²) in [4.78, 5) is 23.8. The van der Waals surface area contributed by atoms with Gasteiger partial charge in [0.05, 0.1) is 23.8 Å². The quantitative estimate of drug-likeness (QED) is 0.551. The number of amides is 1. The monoisotopic (exact) mass is 339 g/mol. The molecule has 0 N–H and O–H groups in total. The van der Waals surface area contributed by atoms with E-state index >= 15 is 0 Å². The predicted molar refractivity (Wildman–Crippen MR) is 103 cm³/mol. The number of hydrogen-bond acceptors (Lipinski definition) is 3. The van der Waals surface area contributed by atoms with Gasteiger partial charge in [0.15, 0.2) is 0 Å². The average molecular weight is 339 g/mol. The summed E-state index contributed by atoms with van der Waals surface area (Å²) < 4.78 is 0. The zero-order valence-corrected chi connectivity index (χ0v) is 14.1. The molecule has 0 aliphatic heterocycles. The molecule has 0 saturated carbocycles. The van der Waals surface area contributed by atoms with Crippen LogP contribution in [0.1, 0.15) is 16.1 Å². The summed E-state index contributed by atoms with van der Waals surface area (Å²) in [5, 5.41) is 0. The molecule has 126 valence electrons. The molecule has 0 fully saturated rings. The summed E-state index contributed by atoms with van der Waals surface area (Å²) in [5.74, 6) is -0.168. The van der Waals surface area contributed by atoms with Gasteiger partial charge in [-0.15, -0.1) is 0 Å². The highest BCUT2D eigenvalue weighted by Crippen LogP contribution is 2.20. The lowest BCUT2D eigenvalue weighted by Gasteiger charge is -2.22. The first kappa shape index (κ1) is 16.0. The normalized spacial score (nSPS) is 10.6. The van der Waals surface area contributed by atoms with Gasteiger partial charge in [-0.25, -0.2) is 4.98 Å². The van der Waals surface area contributed by atoms with Gasteiger partial charge in [0.1, 0.15) is 5.69 Å². The van der Waals surface area contributed by atoms with E-state index in [2.05, 4.69) is 9.97 Å². The second-order valence-electron chi connectivity index (χ2n) is 5.96. The van der Waals surface area contributed by atoms with Crippen molar-refractivity contribution in [3.05, 3.63) is 102 Å². The number of rotatable bonds is 4. The number of carbonyl (C=O) groups is 1. The Bertz CT molecular complexity index is 1030. The van der Waals surface area contributed by atoms with Crippen LogP contribution in [0.3, 0.4) is 0 Å². The largest absolute Gasteiger partial charge is 0.303 e. The highest BCUT2D eigenvalue weighted by atomic mass is 16.2. The molecule has 4 nitrogen and oxygen atoms in total. The smallest absolute Gasteiger partial charge is 0.278 e. The van der Waals surface area contributed by atoms with Gasteiger partial charge in [-0.3, -0.25) is 9.78 Å². The highest BCUT2D eigenvalue weighted by Gasteiger charge is 2.20. The maximum atomic E-state index is 13.2. The molecule has 0 unspecified atom stereocenters. The summed E-state index contributed by atoms with van der Waals surface area (Å²) in [6.07, 6.45) is 1.55. The van der Waals surface area contributed by atoms with Crippen LogP contribution in [-0.2, 0) is 6.54 Å². The van der Waals surface area contributed by atoms with Crippen LogP contribution in [0.2, 0.25) is 0 Å². The Morgan fingerprint density at radius 1 is 0.769 bits per heavy atom. The maximum Gasteiger partial charge on any atom is 0.278 e. The van der Waals surface area contributed by atoms with E-state index in [1.807, 2.05) is 84.9 Å². The molecule has 0 radical (unpaired) electrons. The van der Waals surface area contributed by atoms with Crippen LogP contribution < -0.4 is 4.90 Å². The van der Waals surface area contributed by atoms with Crippen molar-refractivity contribution < 1.29 is 4.79 Å². The summed E-state index contributed by atoms with van der Waals surface area (Å²) in [7, 11) is 0. The first-order valence-electron chi connectivity index (χ1n) is 8.44. The van der Waals surface area contributed by atoms with Crippen molar-refractivity contribution in [2.24, 2.45) is 0 Å². The molecule has 0 saturated heterocycles. The fraction of sp³-hybridized carbons (Fsp3) is 0.0455. The van der Waals surface area contributed by atoms with Crippen molar-refractivity contribution >= 4 is 22.6 Å². The molecule has 1 heterocycles. The summed E-state index contributed by atoms with van der Waals surface area (Å²) in [6, 6.07) is 27.1. The number of aromatic nitrogens is 2. The van der Waals surface area contributed by atoms with Crippen LogP contribution in [0.5, 0.6) is 0 Å². The van der Waals surface area contributed by atoms with Gasteiger partial charge in [0, 0.05) is 5.69 Å². The third-order valence-corrected chi connectivity index (χ3v) is 4.16. The first-order chi connectivity index (χ1) is 12.8. The summed E-state index contributed by atoms with van der Waals surface area (Å²) >= 11 is 0. The second-order valence-corrected chi connectivity index (χ2v) is 5.96. The molecule has 4 heteroatoms. The minimum atomic E-state index is -0.168. The predicted octanol–water partition coefficient (Wildman–Crippen LogP) is 4.48. The fourth-order valence-corrected chi connectivity index (χ4v) is 2.85. The molecular weight excluding hydrogens is 322 g/mol. The number of fused-ring (bicyclic) bond motifs is 1. The Morgan fingerprint density at radius 3 is 2.12 bits per heavy atom. The number of nitrogens with zero attached hydrogens (tertiary/aromatic N) is 3. The van der Waals surface area contributed by atoms with Crippen LogP contribution in [0.4, 0.5) is 5.69 Å². The van der Waals surface area contributed by atoms with E-state index in [1.165, 1.54) is 0 Å². The zero-order valence-electron chi connectivity index (χ0n) is 14.1. The Kier molecular flexibility index (Phi) is 4.39. The first-order valence-corrected chi connectivity index (χ1v) is 8.44. The van der Waals surface area contributed by atoms with Crippen molar-refractivity contribution in [3.8, 4) is 0 Å². The molecule has 0 spiro atoms. The van der Waals surface area contributed by atoms with Crippen molar-refractivity contribution in [2.45, 2.75) is 6.54 Å². The third-order valence-electron chi connectivity index (χ3n) is 4.16. The van der Waals surface area contributed by atoms with Gasteiger partial charge < -0.3 is 4.90 Å². The van der Waals surface area contributed by atoms with Crippen molar-refractivity contribution in [2.75, 3.05) is 4.90 Å². The zero-order chi connectivity index (χ0) is 17.8. The van der Waals surface area contributed by atoms with E-state index in [4.69, 9.17) is 0 Å². The van der Waals surface area contributed by atoms with Crippen LogP contribution in [-0.4, -0.2) is 15.9 Å². The molecule has 3 aromatic carbocycles. The molecule has 0 aliphatic carbocycles. The molecule has 0 bridgehead atoms. The lowest BCUT2D eigenvalue weighted by Crippen LogP contribution is -2.31. The van der Waals surface area contributed by atoms with E-state index in [-0.39, 0.29) is 5.91 Å². The van der Waals surface area contributed by atoms with Crippen molar-refractivity contribution in [1.29, 1.82) is 0 Å². The summed E-state index contributed by atoms with van der Waals surface area (Å²) in [6.45, 7) is 0.470. The van der Waals surface area contributed by atoms with Gasteiger partial charge in [-0.05, 0) is 29.8 Å². The van der Waals surface area contributed by atoms with Gasteiger partial charge in [-0.2, -0.15) is 0 Å². The Balaban J connectivity index is 1.73. The number of benzene rings is 3. The van der Waals surface area contributed by atoms with E-state index < -0.39 is 0 Å². The molecule has 1 amide bonds. The fourth-order valence-electron chi connectivity index (χ4n) is 2.85. The SMILES string of the molecule is O=C(c1cnc2ccccc2n1)N(Cc1ccccc1)c1ccccc1. The van der Waals surface area contributed by atoms with Crippen LogP contribution in [0.15, 0.2) is 91.1 Å². The third kappa shape index (κ3) is 3.30. The highest BCUT2D eigenvalue weighted by molar-refractivity contribution is 6.05. The van der Waals surface area contributed by atoms with Crippen LogP contribution >= 0.6 is 0 Å². The van der Waals surface area contributed by atoms with Gasteiger partial charge in [-0.1, -0.05) is 60.7 Å². The minimum Gasteiger partial charge on any atom is -0.303 e. The second kappa shape index (κ2) is 7.15. The number of para-hydroxylation sites is 3. The van der Waals surface area contributed by atoms with E-state index in [9.17, 15) is 4.79 Å². The maximum absolute atomic E-state index is 13.2. The van der Waals surface area contributed by atoms with Crippen molar-refractivity contribution in [1.82, 2.24) is 9.97 Å². The molecule has 0 atom stereocenters. The Hall–Kier alpha value is -3.53. The molecule has 4 aromatic rings.